The van der Waals surface area contributed by atoms with Crippen molar-refractivity contribution in [2.75, 3.05) is 25.4 Å². The highest BCUT2D eigenvalue weighted by atomic mass is 19.4. The molecule has 2 heterocycles. The highest BCUT2D eigenvalue weighted by molar-refractivity contribution is 5.39. The molecule has 3 N–H and O–H groups in total. The minimum Gasteiger partial charge on any atom is -0.399 e. The molecule has 7 heteroatoms. The zero-order valence-electron chi connectivity index (χ0n) is 8.91. The van der Waals surface area contributed by atoms with Crippen molar-refractivity contribution >= 4 is 5.69 Å². The van der Waals surface area contributed by atoms with Gasteiger partial charge < -0.3 is 10.8 Å². The van der Waals surface area contributed by atoms with Gasteiger partial charge >= 0.3 is 6.18 Å². The Hall–Kier alpha value is -1.34. The fraction of sp³-hybridized carbons (Fsp3) is 0.500. The Labute approximate surface area is 95.9 Å². The smallest absolute Gasteiger partial charge is 0.399 e. The second-order valence-corrected chi connectivity index (χ2v) is 4.27. The molecule has 0 amide bonds. The summed E-state index contributed by atoms with van der Waals surface area (Å²) in [4.78, 5) is 5.04. The zero-order chi connectivity index (χ0) is 12.7. The van der Waals surface area contributed by atoms with Crippen LogP contribution in [0.15, 0.2) is 18.3 Å². The number of aliphatic hydroxyl groups is 1. The predicted octanol–water partition coefficient (Wildman–Crippen LogP) is 0.729. The number of aromatic nitrogens is 1. The molecule has 0 unspecified atom stereocenters. The lowest BCUT2D eigenvalue weighted by atomic mass is 9.89. The van der Waals surface area contributed by atoms with E-state index in [-0.39, 0.29) is 13.1 Å². The van der Waals surface area contributed by atoms with Gasteiger partial charge in [-0.1, -0.05) is 0 Å². The molecule has 0 bridgehead atoms. The van der Waals surface area contributed by atoms with Crippen LogP contribution in [-0.2, 0) is 5.60 Å². The quantitative estimate of drug-likeness (QED) is 0.808. The number of nitrogen functional groups attached to an aromatic ring is 1. The Bertz CT molecular complexity index is 416. The third kappa shape index (κ3) is 2.67. The topological polar surface area (TPSA) is 62.4 Å². The molecule has 1 aliphatic rings. The van der Waals surface area contributed by atoms with Gasteiger partial charge in [-0.2, -0.15) is 13.2 Å². The van der Waals surface area contributed by atoms with E-state index in [1.807, 2.05) is 0 Å². The Morgan fingerprint density at radius 2 is 2.12 bits per heavy atom. The average molecular weight is 247 g/mol. The van der Waals surface area contributed by atoms with E-state index >= 15 is 0 Å². The van der Waals surface area contributed by atoms with Crippen molar-refractivity contribution in [3.63, 3.8) is 0 Å². The summed E-state index contributed by atoms with van der Waals surface area (Å²) in [6.45, 7) is -1.18. The van der Waals surface area contributed by atoms with E-state index < -0.39 is 18.3 Å². The van der Waals surface area contributed by atoms with Crippen LogP contribution in [0.4, 0.5) is 18.9 Å². The molecule has 4 nitrogen and oxygen atoms in total. The first-order chi connectivity index (χ1) is 7.78. The number of likely N-dealkylation sites (tertiary alicyclic amines) is 1. The number of halogens is 3. The van der Waals surface area contributed by atoms with Gasteiger partial charge in [0.1, 0.15) is 5.60 Å². The van der Waals surface area contributed by atoms with Gasteiger partial charge in [-0.3, -0.25) is 9.88 Å². The van der Waals surface area contributed by atoms with Gasteiger partial charge in [-0.05, 0) is 12.1 Å². The first kappa shape index (κ1) is 12.1. The van der Waals surface area contributed by atoms with Gasteiger partial charge in [-0.25, -0.2) is 0 Å². The molecule has 1 aliphatic heterocycles. The molecule has 0 spiro atoms. The highest BCUT2D eigenvalue weighted by Gasteiger charge is 2.47. The highest BCUT2D eigenvalue weighted by Crippen LogP contribution is 2.33. The van der Waals surface area contributed by atoms with Crippen molar-refractivity contribution in [3.05, 3.63) is 24.0 Å². The molecule has 1 fully saturated rings. The maximum absolute atomic E-state index is 12.1. The van der Waals surface area contributed by atoms with Crippen LogP contribution < -0.4 is 5.73 Å². The Balaban J connectivity index is 2.01. The number of nitrogens with zero attached hydrogens (tertiary/aromatic N) is 2. The SMILES string of the molecule is Nc1ccnc(C2(O)CN(CC(F)(F)F)C2)c1. The molecule has 0 aromatic carbocycles. The van der Waals surface area contributed by atoms with Gasteiger partial charge in [0.05, 0.1) is 12.2 Å². The van der Waals surface area contributed by atoms with Crippen molar-refractivity contribution in [1.29, 1.82) is 0 Å². The number of hydrogen-bond acceptors (Lipinski definition) is 4. The number of β-amino-alcohol motifs (C(OH)–C–C–N with tert-alkyl or cyclic N) is 1. The second-order valence-electron chi connectivity index (χ2n) is 4.27. The fourth-order valence-electron chi connectivity index (χ4n) is 1.92. The van der Waals surface area contributed by atoms with Crippen molar-refractivity contribution in [2.45, 2.75) is 11.8 Å². The monoisotopic (exact) mass is 247 g/mol. The van der Waals surface area contributed by atoms with Gasteiger partial charge in [0.2, 0.25) is 0 Å². The van der Waals surface area contributed by atoms with Gasteiger partial charge in [-0.15, -0.1) is 0 Å². The van der Waals surface area contributed by atoms with Gasteiger partial charge in [0.25, 0.3) is 0 Å². The van der Waals surface area contributed by atoms with E-state index in [2.05, 4.69) is 4.98 Å². The standard InChI is InChI=1S/C10H12F3N3O/c11-10(12,13)6-16-4-9(17,5-16)8-3-7(14)1-2-15-8/h1-3,17H,4-6H2,(H2,14,15). The summed E-state index contributed by atoms with van der Waals surface area (Å²) in [5, 5.41) is 10.0. The normalized spacial score (nSPS) is 20.0. The van der Waals surface area contributed by atoms with Gasteiger partial charge in [0.15, 0.2) is 0 Å². The van der Waals surface area contributed by atoms with Crippen molar-refractivity contribution in [1.82, 2.24) is 9.88 Å². The van der Waals surface area contributed by atoms with Crippen LogP contribution >= 0.6 is 0 Å². The summed E-state index contributed by atoms with van der Waals surface area (Å²) in [6, 6.07) is 3.03. The number of nitrogens with two attached hydrogens (primary N) is 1. The molecule has 0 atom stereocenters. The Morgan fingerprint density at radius 3 is 2.65 bits per heavy atom. The lowest BCUT2D eigenvalue weighted by molar-refractivity contribution is -0.189. The third-order valence-electron chi connectivity index (χ3n) is 2.63. The number of hydrogen-bond donors (Lipinski definition) is 2. The maximum Gasteiger partial charge on any atom is 0.401 e. The molecule has 1 saturated heterocycles. The lowest BCUT2D eigenvalue weighted by Gasteiger charge is -2.46. The molecule has 1 aromatic rings. The molecular weight excluding hydrogens is 235 g/mol. The van der Waals surface area contributed by atoms with Crippen molar-refractivity contribution in [2.24, 2.45) is 0 Å². The molecule has 1 aromatic heterocycles. The number of pyridine rings is 1. The first-order valence-corrected chi connectivity index (χ1v) is 5.02. The lowest BCUT2D eigenvalue weighted by Crippen LogP contribution is -2.61. The van der Waals surface area contributed by atoms with Crippen LogP contribution in [-0.4, -0.2) is 40.8 Å². The van der Waals surface area contributed by atoms with E-state index in [0.717, 1.165) is 4.90 Å². The molecular formula is C10H12F3N3O. The fourth-order valence-corrected chi connectivity index (χ4v) is 1.92. The number of rotatable bonds is 2. The summed E-state index contributed by atoms with van der Waals surface area (Å²) in [5.41, 5.74) is 4.95. The minimum absolute atomic E-state index is 0.0804. The molecule has 0 radical (unpaired) electrons. The second kappa shape index (κ2) is 3.85. The number of alkyl halides is 3. The number of anilines is 1. The van der Waals surface area contributed by atoms with Gasteiger partial charge in [0, 0.05) is 25.0 Å². The van der Waals surface area contributed by atoms with Crippen LogP contribution in [0.25, 0.3) is 0 Å². The van der Waals surface area contributed by atoms with Crippen LogP contribution in [0, 0.1) is 0 Å². The molecule has 0 saturated carbocycles. The molecule has 94 valence electrons. The summed E-state index contributed by atoms with van der Waals surface area (Å²) < 4.78 is 36.3. The molecule has 2 rings (SSSR count). The third-order valence-corrected chi connectivity index (χ3v) is 2.63. The minimum atomic E-state index is -4.25. The summed E-state index contributed by atoms with van der Waals surface area (Å²) in [7, 11) is 0. The molecule has 0 aliphatic carbocycles. The van der Waals surface area contributed by atoms with E-state index in [4.69, 9.17) is 5.73 Å². The van der Waals surface area contributed by atoms with Crippen LogP contribution in [0.2, 0.25) is 0 Å². The maximum atomic E-state index is 12.1. The van der Waals surface area contributed by atoms with Crippen molar-refractivity contribution < 1.29 is 18.3 Å². The molecule has 17 heavy (non-hydrogen) atoms. The predicted molar refractivity (Wildman–Crippen MR) is 55.0 cm³/mol. The van der Waals surface area contributed by atoms with Crippen molar-refractivity contribution in [3.8, 4) is 0 Å². The average Bonchev–Trinajstić information content (AvgIpc) is 2.12. The summed E-state index contributed by atoms with van der Waals surface area (Å²) in [6.07, 6.45) is -2.82. The first-order valence-electron chi connectivity index (χ1n) is 5.02. The van der Waals surface area contributed by atoms with Crippen LogP contribution in [0.1, 0.15) is 5.69 Å². The summed E-state index contributed by atoms with van der Waals surface area (Å²) in [5.74, 6) is 0. The zero-order valence-corrected chi connectivity index (χ0v) is 8.91. The Morgan fingerprint density at radius 1 is 1.47 bits per heavy atom. The van der Waals surface area contributed by atoms with E-state index in [1.165, 1.54) is 12.3 Å². The van der Waals surface area contributed by atoms with E-state index in [9.17, 15) is 18.3 Å². The summed E-state index contributed by atoms with van der Waals surface area (Å²) >= 11 is 0. The van der Waals surface area contributed by atoms with Crippen LogP contribution in [0.3, 0.4) is 0 Å². The van der Waals surface area contributed by atoms with E-state index in [0.29, 0.717) is 11.4 Å². The Kier molecular flexibility index (Phi) is 2.75. The van der Waals surface area contributed by atoms with Crippen LogP contribution in [0.5, 0.6) is 0 Å². The van der Waals surface area contributed by atoms with E-state index in [1.54, 1.807) is 6.07 Å². The largest absolute Gasteiger partial charge is 0.401 e.